The summed E-state index contributed by atoms with van der Waals surface area (Å²) in [4.78, 5) is 29.2. The van der Waals surface area contributed by atoms with Crippen LogP contribution < -0.4 is 5.32 Å². The van der Waals surface area contributed by atoms with Gasteiger partial charge in [0, 0.05) is 52.2 Å². The molecule has 2 aromatic carbocycles. The minimum Gasteiger partial charge on any atom is -0.454 e. The Balaban J connectivity index is 0.991. The average molecular weight is 1020 g/mol. The number of ether oxygens (including phenoxy) is 1. The molecule has 1 heterocycles. The van der Waals surface area contributed by atoms with Crippen LogP contribution in [0, 0.1) is 92.7 Å². The standard InChI is InChI=1S/C65H85NO9/c1-39(42-13-6-7-14-42)44-19-20-50-57(70)60(27-21-41(33-60)18-17-40-11-4-3-5-12-40)37-62(38-68)53-23-28-61-36-59(24-8-9-25-59)26-22-43-15-10-16-45(35-67)47(43)31-52(66-2)48-29-46(55(61)49-32-54(69)75-56(48)49)34-63(61,72)65(53,74)58(71)51(30-44)64(50,62)73/h3-5,10-12,15-16,32,38-39,41-42,44,46,48,50-53,55-58,66-67,70-74H,6-9,13-14,17-21,23-25,27-31,33-37H2,1-2H3/t39-,41+,44+,46-,48+,50+,51-,52+,53+,55+,56+,57+,58-,60-,61-,62-,63+,64+,65+/m0/s1. The van der Waals surface area contributed by atoms with E-state index in [1.165, 1.54) is 18.4 Å². The van der Waals surface area contributed by atoms with Crippen LogP contribution in [0.25, 0.3) is 0 Å². The SMILES string of the molecule is CN[C@@H]1Cc2c(cccc2CO)C#CC2(CCCC2)C[C@]23CC[C@H]4[C@@](O)([C@@H](O)[C@@H]5C[C@H]([C@@H](C)C6CCCC6)CC[C@@H]6[C@@H](O)[C@]7(CC[C@@H](CCc8ccccc8)C7)C[C@@]4(C=O)[C@@]65O)[C@@]2(O)C[C@@H]2C[C@H]1[C@H]1OC(=O)C=C1[C@@H]23. The second kappa shape index (κ2) is 18.3. The molecular weight excluding hydrogens is 939 g/mol. The predicted molar refractivity (Wildman–Crippen MR) is 284 cm³/mol. The van der Waals surface area contributed by atoms with Crippen molar-refractivity contribution in [2.75, 3.05) is 7.05 Å². The summed E-state index contributed by atoms with van der Waals surface area (Å²) in [5.74, 6) is 4.89. The molecule has 10 nitrogen and oxygen atoms in total. The molecule has 0 radical (unpaired) electrons. The Morgan fingerprint density at radius 2 is 1.61 bits per heavy atom. The number of aliphatic hydroxyl groups is 6. The number of rotatable bonds is 8. The van der Waals surface area contributed by atoms with E-state index in [0.717, 1.165) is 106 Å². The van der Waals surface area contributed by atoms with Crippen molar-refractivity contribution in [2.24, 2.45) is 80.8 Å². The molecule has 7 N–H and O–H groups in total. The second-order valence-corrected chi connectivity index (χ2v) is 27.6. The summed E-state index contributed by atoms with van der Waals surface area (Å²) in [6.07, 6.45) is 16.3. The van der Waals surface area contributed by atoms with Crippen LogP contribution in [0.4, 0.5) is 0 Å². The van der Waals surface area contributed by atoms with E-state index in [9.17, 15) is 30.3 Å². The van der Waals surface area contributed by atoms with Gasteiger partial charge in [-0.05, 0) is 185 Å². The highest BCUT2D eigenvalue weighted by atomic mass is 16.5. The van der Waals surface area contributed by atoms with Gasteiger partial charge in [-0.2, -0.15) is 0 Å². The lowest BCUT2D eigenvalue weighted by Gasteiger charge is -2.75. The Hall–Kier alpha value is -3.40. The van der Waals surface area contributed by atoms with E-state index in [1.807, 2.05) is 31.3 Å². The van der Waals surface area contributed by atoms with Gasteiger partial charge in [0.15, 0.2) is 0 Å². The number of esters is 1. The van der Waals surface area contributed by atoms with Gasteiger partial charge in [0.2, 0.25) is 0 Å². The molecule has 9 saturated carbocycles. The van der Waals surface area contributed by atoms with E-state index >= 15 is 9.90 Å². The summed E-state index contributed by atoms with van der Waals surface area (Å²) in [7, 11) is 1.94. The topological polar surface area (TPSA) is 177 Å². The maximum atomic E-state index is 15.3. The van der Waals surface area contributed by atoms with Gasteiger partial charge in [0.1, 0.15) is 23.6 Å². The third-order valence-corrected chi connectivity index (χ3v) is 25.0. The number of benzene rings is 2. The Morgan fingerprint density at radius 1 is 0.827 bits per heavy atom. The molecule has 4 bridgehead atoms. The number of carbonyl (C=O) groups is 2. The lowest BCUT2D eigenvalue weighted by molar-refractivity contribution is -0.385. The number of aldehydes is 1. The van der Waals surface area contributed by atoms with E-state index in [4.69, 9.17) is 4.74 Å². The molecule has 75 heavy (non-hydrogen) atoms. The molecule has 0 saturated heterocycles. The van der Waals surface area contributed by atoms with Crippen molar-refractivity contribution in [1.29, 1.82) is 0 Å². The highest BCUT2D eigenvalue weighted by Gasteiger charge is 2.87. The first-order valence-electron chi connectivity index (χ1n) is 30.0. The number of carbonyl (C=O) groups excluding carboxylic acids is 2. The number of hydrogen-bond donors (Lipinski definition) is 7. The zero-order valence-electron chi connectivity index (χ0n) is 44.7. The van der Waals surface area contributed by atoms with Crippen molar-refractivity contribution in [1.82, 2.24) is 5.32 Å². The maximum absolute atomic E-state index is 15.3. The molecule has 9 fully saturated rings. The Bertz CT molecular complexity index is 2650. The van der Waals surface area contributed by atoms with E-state index in [2.05, 4.69) is 48.3 Å². The fourth-order valence-electron chi connectivity index (χ4n) is 21.9. The van der Waals surface area contributed by atoms with Gasteiger partial charge >= 0.3 is 5.97 Å². The molecule has 19 atom stereocenters. The Kier molecular flexibility index (Phi) is 12.5. The van der Waals surface area contributed by atoms with Crippen LogP contribution in [0.1, 0.15) is 164 Å². The van der Waals surface area contributed by atoms with Gasteiger partial charge in [-0.1, -0.05) is 99.8 Å². The van der Waals surface area contributed by atoms with E-state index < -0.39 is 80.5 Å². The van der Waals surface area contributed by atoms with Crippen LogP contribution in [-0.4, -0.2) is 91.1 Å². The highest BCUT2D eigenvalue weighted by molar-refractivity contribution is 5.86. The van der Waals surface area contributed by atoms with E-state index in [0.29, 0.717) is 50.4 Å². The van der Waals surface area contributed by atoms with Crippen LogP contribution in [0.15, 0.2) is 60.2 Å². The summed E-state index contributed by atoms with van der Waals surface area (Å²) in [5.41, 5.74) is -5.14. The van der Waals surface area contributed by atoms with Crippen LogP contribution in [-0.2, 0) is 33.8 Å². The lowest BCUT2D eigenvalue weighted by atomic mass is 9.32. The predicted octanol–water partition coefficient (Wildman–Crippen LogP) is 8.33. The molecular formula is C65H85NO9. The van der Waals surface area contributed by atoms with Gasteiger partial charge in [0.05, 0.1) is 29.8 Å². The number of fused-ring (bicyclic) bond motifs is 4. The third kappa shape index (κ3) is 7.08. The van der Waals surface area contributed by atoms with Gasteiger partial charge in [-0.25, -0.2) is 4.79 Å². The van der Waals surface area contributed by atoms with Crippen molar-refractivity contribution in [3.8, 4) is 11.8 Å². The first-order chi connectivity index (χ1) is 36.1. The Morgan fingerprint density at radius 3 is 2.36 bits per heavy atom. The molecule has 12 aliphatic rings. The molecule has 14 rings (SSSR count). The number of aryl methyl sites for hydroxylation is 1. The normalized spacial score (nSPS) is 46.6. The summed E-state index contributed by atoms with van der Waals surface area (Å²) in [5, 5.41) is 86.2. The van der Waals surface area contributed by atoms with Gasteiger partial charge in [-0.3, -0.25) is 0 Å². The summed E-state index contributed by atoms with van der Waals surface area (Å²) < 4.78 is 6.44. The van der Waals surface area contributed by atoms with Crippen LogP contribution in [0.5, 0.6) is 0 Å². The van der Waals surface area contributed by atoms with Crippen LogP contribution in [0.2, 0.25) is 0 Å². The third-order valence-electron chi connectivity index (χ3n) is 25.0. The smallest absolute Gasteiger partial charge is 0.331 e. The highest BCUT2D eigenvalue weighted by Crippen LogP contribution is 2.80. The molecule has 0 unspecified atom stereocenters. The molecule has 0 aromatic heterocycles. The average Bonchev–Trinajstić information content (AvgIpc) is 4.40. The molecule has 11 aliphatic carbocycles. The van der Waals surface area contributed by atoms with Crippen LogP contribution >= 0.6 is 0 Å². The minimum atomic E-state index is -2.24. The van der Waals surface area contributed by atoms with Gasteiger partial charge in [0.25, 0.3) is 0 Å². The summed E-state index contributed by atoms with van der Waals surface area (Å²) in [6, 6.07) is 16.3. The molecule has 404 valence electrons. The largest absolute Gasteiger partial charge is 0.454 e. The van der Waals surface area contributed by atoms with Crippen LogP contribution in [0.3, 0.4) is 0 Å². The molecule has 2 aromatic rings. The monoisotopic (exact) mass is 1020 g/mol. The second-order valence-electron chi connectivity index (χ2n) is 27.6. The van der Waals surface area contributed by atoms with Crippen molar-refractivity contribution in [3.05, 3.63) is 82.4 Å². The zero-order chi connectivity index (χ0) is 51.9. The first kappa shape index (κ1) is 51.1. The van der Waals surface area contributed by atoms with Crippen molar-refractivity contribution >= 4 is 12.3 Å². The fourth-order valence-corrected chi connectivity index (χ4v) is 21.9. The van der Waals surface area contributed by atoms with Crippen molar-refractivity contribution in [3.63, 3.8) is 0 Å². The van der Waals surface area contributed by atoms with Crippen molar-refractivity contribution in [2.45, 2.75) is 202 Å². The number of hydrogen-bond acceptors (Lipinski definition) is 10. The quantitative estimate of drug-likeness (QED) is 0.0774. The van der Waals surface area contributed by atoms with Crippen molar-refractivity contribution < 1.29 is 45.0 Å². The zero-order valence-corrected chi connectivity index (χ0v) is 44.7. The first-order valence-corrected chi connectivity index (χ1v) is 30.0. The van der Waals surface area contributed by atoms with Gasteiger partial charge < -0.3 is 45.5 Å². The molecule has 3 spiro atoms. The molecule has 1 aliphatic heterocycles. The fraction of sp³-hybridized carbons (Fsp3) is 0.723. The summed E-state index contributed by atoms with van der Waals surface area (Å²) in [6.45, 7) is 2.22. The Labute approximate surface area is 445 Å². The van der Waals surface area contributed by atoms with Gasteiger partial charge in [-0.15, -0.1) is 0 Å². The van der Waals surface area contributed by atoms with E-state index in [1.54, 1.807) is 6.08 Å². The summed E-state index contributed by atoms with van der Waals surface area (Å²) >= 11 is 0. The molecule has 0 amide bonds. The number of aliphatic hydroxyl groups excluding tert-OH is 3. The minimum absolute atomic E-state index is 0.0787. The lowest BCUT2D eigenvalue weighted by Crippen LogP contribution is -2.86. The maximum Gasteiger partial charge on any atom is 0.331 e. The van der Waals surface area contributed by atoms with E-state index in [-0.39, 0.29) is 61.5 Å². The number of nitrogens with one attached hydrogen (secondary N) is 1. The number of likely N-dealkylation sites (N-methyl/N-ethyl adjacent to an activating group) is 1. The molecule has 10 heteroatoms.